The van der Waals surface area contributed by atoms with Crippen LogP contribution in [0.4, 0.5) is 0 Å². The predicted molar refractivity (Wildman–Crippen MR) is 108 cm³/mol. The van der Waals surface area contributed by atoms with Gasteiger partial charge in [-0.1, -0.05) is 78.9 Å². The molecule has 0 aliphatic heterocycles. The van der Waals surface area contributed by atoms with Gasteiger partial charge in [0.1, 0.15) is 12.4 Å². The van der Waals surface area contributed by atoms with Crippen molar-refractivity contribution in [3.63, 3.8) is 0 Å². The van der Waals surface area contributed by atoms with Crippen LogP contribution in [0.1, 0.15) is 22.3 Å². The SMILES string of the molecule is C=CCc1c(CNCc2ccccc2)cccc1OCc1ccccc1. The molecule has 0 aliphatic rings. The molecule has 0 heterocycles. The van der Waals surface area contributed by atoms with E-state index in [0.29, 0.717) is 6.61 Å². The van der Waals surface area contributed by atoms with Crippen LogP contribution in [0.2, 0.25) is 0 Å². The monoisotopic (exact) mass is 343 g/mol. The molecule has 3 aromatic rings. The van der Waals surface area contributed by atoms with Crippen LogP contribution in [0.15, 0.2) is 91.5 Å². The second kappa shape index (κ2) is 9.59. The second-order valence-electron chi connectivity index (χ2n) is 6.25. The number of benzene rings is 3. The van der Waals surface area contributed by atoms with Gasteiger partial charge in [-0.15, -0.1) is 6.58 Å². The molecule has 2 nitrogen and oxygen atoms in total. The lowest BCUT2D eigenvalue weighted by Gasteiger charge is -2.15. The zero-order valence-corrected chi connectivity index (χ0v) is 15.0. The Morgan fingerprint density at radius 3 is 2.15 bits per heavy atom. The summed E-state index contributed by atoms with van der Waals surface area (Å²) in [6.45, 7) is 6.14. The first-order valence-corrected chi connectivity index (χ1v) is 9.00. The van der Waals surface area contributed by atoms with Gasteiger partial charge in [0.25, 0.3) is 0 Å². The van der Waals surface area contributed by atoms with Crippen LogP contribution in [0, 0.1) is 0 Å². The van der Waals surface area contributed by atoms with Crippen LogP contribution in [0.25, 0.3) is 0 Å². The molecule has 0 aliphatic carbocycles. The van der Waals surface area contributed by atoms with Crippen molar-refractivity contribution in [2.24, 2.45) is 0 Å². The Morgan fingerprint density at radius 2 is 1.46 bits per heavy atom. The average Bonchev–Trinajstić information content (AvgIpc) is 2.70. The first-order valence-electron chi connectivity index (χ1n) is 9.00. The Balaban J connectivity index is 1.67. The molecule has 132 valence electrons. The smallest absolute Gasteiger partial charge is 0.123 e. The highest BCUT2D eigenvalue weighted by Gasteiger charge is 2.09. The van der Waals surface area contributed by atoms with Gasteiger partial charge in [-0.2, -0.15) is 0 Å². The zero-order chi connectivity index (χ0) is 18.0. The molecule has 3 aromatic carbocycles. The van der Waals surface area contributed by atoms with E-state index in [1.807, 2.05) is 36.4 Å². The fourth-order valence-corrected chi connectivity index (χ4v) is 2.96. The highest BCUT2D eigenvalue weighted by Crippen LogP contribution is 2.25. The topological polar surface area (TPSA) is 21.3 Å². The van der Waals surface area contributed by atoms with Gasteiger partial charge in [0.2, 0.25) is 0 Å². The summed E-state index contributed by atoms with van der Waals surface area (Å²) in [5.41, 5.74) is 4.92. The lowest BCUT2D eigenvalue weighted by atomic mass is 10.0. The molecule has 0 aromatic heterocycles. The molecular weight excluding hydrogens is 318 g/mol. The standard InChI is InChI=1S/C24H25NO/c1-2-10-23-22(18-25-17-20-11-5-3-6-12-20)15-9-16-24(23)26-19-21-13-7-4-8-14-21/h2-9,11-16,25H,1,10,17-19H2. The quantitative estimate of drug-likeness (QED) is 0.533. The van der Waals surface area contributed by atoms with Gasteiger partial charge in [-0.3, -0.25) is 0 Å². The third-order valence-corrected chi connectivity index (χ3v) is 4.30. The Bertz CT molecular complexity index is 812. The molecule has 1 N–H and O–H groups in total. The molecule has 3 rings (SSSR count). The fourth-order valence-electron chi connectivity index (χ4n) is 2.96. The average molecular weight is 343 g/mol. The summed E-state index contributed by atoms with van der Waals surface area (Å²) < 4.78 is 6.11. The lowest BCUT2D eigenvalue weighted by Crippen LogP contribution is -2.14. The van der Waals surface area contributed by atoms with E-state index < -0.39 is 0 Å². The molecule has 0 amide bonds. The number of allylic oxidation sites excluding steroid dienone is 1. The summed E-state index contributed by atoms with van der Waals surface area (Å²) in [5.74, 6) is 0.938. The van der Waals surface area contributed by atoms with Crippen LogP contribution in [0.5, 0.6) is 5.75 Å². The van der Waals surface area contributed by atoms with E-state index in [1.54, 1.807) is 0 Å². The van der Waals surface area contributed by atoms with Gasteiger partial charge in [0, 0.05) is 18.7 Å². The van der Waals surface area contributed by atoms with Crippen LogP contribution < -0.4 is 10.1 Å². The van der Waals surface area contributed by atoms with Crippen molar-refractivity contribution in [2.45, 2.75) is 26.1 Å². The fraction of sp³-hybridized carbons (Fsp3) is 0.167. The summed E-state index contributed by atoms with van der Waals surface area (Å²) in [6.07, 6.45) is 2.73. The maximum absolute atomic E-state index is 6.11. The van der Waals surface area contributed by atoms with Crippen molar-refractivity contribution in [2.75, 3.05) is 0 Å². The van der Waals surface area contributed by atoms with E-state index in [9.17, 15) is 0 Å². The van der Waals surface area contributed by atoms with Gasteiger partial charge < -0.3 is 10.1 Å². The second-order valence-corrected chi connectivity index (χ2v) is 6.25. The zero-order valence-electron chi connectivity index (χ0n) is 15.0. The molecule has 0 unspecified atom stereocenters. The largest absolute Gasteiger partial charge is 0.489 e. The number of rotatable bonds is 9. The molecule has 0 spiro atoms. The van der Waals surface area contributed by atoms with Gasteiger partial charge in [0.05, 0.1) is 0 Å². The number of hydrogen-bond donors (Lipinski definition) is 1. The third kappa shape index (κ3) is 5.08. The Labute approximate surface area is 156 Å². The number of nitrogens with one attached hydrogen (secondary N) is 1. The predicted octanol–water partition coefficient (Wildman–Crippen LogP) is 5.28. The molecule has 0 fully saturated rings. The molecule has 2 heteroatoms. The summed E-state index contributed by atoms with van der Waals surface area (Å²) >= 11 is 0. The summed E-state index contributed by atoms with van der Waals surface area (Å²) in [6, 6.07) is 27.0. The molecule has 0 bridgehead atoms. The van der Waals surface area contributed by atoms with Gasteiger partial charge in [0.15, 0.2) is 0 Å². The highest BCUT2D eigenvalue weighted by molar-refractivity contribution is 5.41. The Hall–Kier alpha value is -2.84. The van der Waals surface area contributed by atoms with E-state index in [4.69, 9.17) is 4.74 Å². The maximum atomic E-state index is 6.11. The number of ether oxygens (including phenoxy) is 1. The Kier molecular flexibility index (Phi) is 6.63. The van der Waals surface area contributed by atoms with E-state index >= 15 is 0 Å². The van der Waals surface area contributed by atoms with E-state index in [2.05, 4.69) is 60.4 Å². The molecule has 0 radical (unpaired) electrons. The minimum atomic E-state index is 0.575. The maximum Gasteiger partial charge on any atom is 0.123 e. The lowest BCUT2D eigenvalue weighted by molar-refractivity contribution is 0.303. The summed E-state index contributed by atoms with van der Waals surface area (Å²) in [4.78, 5) is 0. The van der Waals surface area contributed by atoms with Crippen molar-refractivity contribution in [1.29, 1.82) is 0 Å². The normalized spacial score (nSPS) is 10.5. The van der Waals surface area contributed by atoms with Crippen molar-refractivity contribution < 1.29 is 4.74 Å². The molecule has 26 heavy (non-hydrogen) atoms. The first-order chi connectivity index (χ1) is 12.9. The molecule has 0 atom stereocenters. The van der Waals surface area contributed by atoms with Gasteiger partial charge >= 0.3 is 0 Å². The van der Waals surface area contributed by atoms with Crippen LogP contribution >= 0.6 is 0 Å². The van der Waals surface area contributed by atoms with Crippen molar-refractivity contribution in [3.8, 4) is 5.75 Å². The summed E-state index contributed by atoms with van der Waals surface area (Å²) in [7, 11) is 0. The first kappa shape index (κ1) is 18.0. The van der Waals surface area contributed by atoms with Crippen LogP contribution in [-0.2, 0) is 26.1 Å². The van der Waals surface area contributed by atoms with E-state index in [0.717, 1.165) is 25.3 Å². The van der Waals surface area contributed by atoms with Crippen molar-refractivity contribution in [1.82, 2.24) is 5.32 Å². The molecule has 0 saturated carbocycles. The van der Waals surface area contributed by atoms with E-state index in [1.165, 1.54) is 22.3 Å². The minimum absolute atomic E-state index is 0.575. The number of hydrogen-bond acceptors (Lipinski definition) is 2. The van der Waals surface area contributed by atoms with Gasteiger partial charge in [-0.05, 0) is 29.2 Å². The highest BCUT2D eigenvalue weighted by atomic mass is 16.5. The van der Waals surface area contributed by atoms with Crippen molar-refractivity contribution >= 4 is 0 Å². The third-order valence-electron chi connectivity index (χ3n) is 4.30. The van der Waals surface area contributed by atoms with E-state index in [-0.39, 0.29) is 0 Å². The minimum Gasteiger partial charge on any atom is -0.489 e. The molecular formula is C24H25NO. The van der Waals surface area contributed by atoms with Crippen LogP contribution in [0.3, 0.4) is 0 Å². The molecule has 0 saturated heterocycles. The Morgan fingerprint density at radius 1 is 0.769 bits per heavy atom. The summed E-state index contributed by atoms with van der Waals surface area (Å²) in [5, 5.41) is 3.53. The van der Waals surface area contributed by atoms with Gasteiger partial charge in [-0.25, -0.2) is 0 Å². The van der Waals surface area contributed by atoms with Crippen LogP contribution in [-0.4, -0.2) is 0 Å². The van der Waals surface area contributed by atoms with Crippen molar-refractivity contribution in [3.05, 3.63) is 114 Å².